The number of anilines is 2. The van der Waals surface area contributed by atoms with Crippen molar-refractivity contribution in [3.8, 4) is 0 Å². The highest BCUT2D eigenvalue weighted by atomic mass is 32.2. The number of carbonyl (C=O) groups is 3. The van der Waals surface area contributed by atoms with Crippen LogP contribution in [0, 0.1) is 0 Å². The normalized spacial score (nSPS) is 14.0. The molecule has 1 fully saturated rings. The van der Waals surface area contributed by atoms with Gasteiger partial charge in [0.15, 0.2) is 0 Å². The highest BCUT2D eigenvalue weighted by Crippen LogP contribution is 2.22. The van der Waals surface area contributed by atoms with Crippen molar-refractivity contribution in [2.45, 2.75) is 30.6 Å². The molecule has 0 bridgehead atoms. The van der Waals surface area contributed by atoms with Gasteiger partial charge >= 0.3 is 18.0 Å². The van der Waals surface area contributed by atoms with Gasteiger partial charge in [-0.3, -0.25) is 4.72 Å². The molecule has 1 heterocycles. The lowest BCUT2D eigenvalue weighted by atomic mass is 10.1. The molecule has 0 spiro atoms. The Labute approximate surface area is 198 Å². The zero-order valence-corrected chi connectivity index (χ0v) is 19.8. The van der Waals surface area contributed by atoms with E-state index in [1.807, 2.05) is 0 Å². The third-order valence-electron chi connectivity index (χ3n) is 5.34. The number of sulfonamides is 1. The fourth-order valence-corrected chi connectivity index (χ4v) is 4.61. The second-order valence-electron chi connectivity index (χ2n) is 7.74. The fraction of sp³-hybridized carbons (Fsp3) is 0.348. The third kappa shape index (κ3) is 6.25. The molecule has 0 unspecified atom stereocenters. The molecule has 2 aromatic carbocycles. The number of hydrogen-bond acceptors (Lipinski definition) is 7. The van der Waals surface area contributed by atoms with Gasteiger partial charge in [-0.05, 0) is 55.3 Å². The van der Waals surface area contributed by atoms with Gasteiger partial charge in [0, 0.05) is 18.8 Å². The molecule has 0 aromatic heterocycles. The molecular formula is C23H27N3O7S. The third-order valence-corrected chi connectivity index (χ3v) is 6.73. The van der Waals surface area contributed by atoms with Gasteiger partial charge in [-0.2, -0.15) is 0 Å². The molecule has 0 aliphatic carbocycles. The zero-order chi connectivity index (χ0) is 24.7. The zero-order valence-electron chi connectivity index (χ0n) is 19.0. The second kappa shape index (κ2) is 11.0. The first-order valence-corrected chi connectivity index (χ1v) is 12.2. The Bertz CT molecular complexity index is 1120. The average molecular weight is 490 g/mol. The van der Waals surface area contributed by atoms with E-state index in [-0.39, 0.29) is 27.7 Å². The van der Waals surface area contributed by atoms with Crippen molar-refractivity contribution in [3.63, 3.8) is 0 Å². The van der Waals surface area contributed by atoms with Crippen molar-refractivity contribution in [2.24, 2.45) is 0 Å². The highest BCUT2D eigenvalue weighted by molar-refractivity contribution is 7.92. The van der Waals surface area contributed by atoms with E-state index in [2.05, 4.69) is 19.5 Å². The average Bonchev–Trinajstić information content (AvgIpc) is 3.12. The summed E-state index contributed by atoms with van der Waals surface area (Å²) in [6, 6.07) is 9.24. The number of ether oxygens (including phenoxy) is 2. The van der Waals surface area contributed by atoms with Gasteiger partial charge < -0.3 is 19.7 Å². The molecule has 3 rings (SSSR count). The first-order valence-electron chi connectivity index (χ1n) is 10.7. The maximum absolute atomic E-state index is 12.9. The van der Waals surface area contributed by atoms with Crippen LogP contribution >= 0.6 is 0 Å². The monoisotopic (exact) mass is 489 g/mol. The Balaban J connectivity index is 1.76. The van der Waals surface area contributed by atoms with Crippen molar-refractivity contribution in [1.29, 1.82) is 0 Å². The Morgan fingerprint density at radius 1 is 0.794 bits per heavy atom. The van der Waals surface area contributed by atoms with Gasteiger partial charge in [-0.25, -0.2) is 22.8 Å². The SMILES string of the molecule is COC(=O)c1cc(NS(=O)(=O)c2ccc(NC(=O)N3CCCCCC3)cc2)cc(C(=O)OC)c1. The summed E-state index contributed by atoms with van der Waals surface area (Å²) in [5.41, 5.74) is 0.417. The summed E-state index contributed by atoms with van der Waals surface area (Å²) in [5, 5.41) is 2.79. The van der Waals surface area contributed by atoms with Crippen LogP contribution in [0.3, 0.4) is 0 Å². The molecule has 11 heteroatoms. The summed E-state index contributed by atoms with van der Waals surface area (Å²) in [6.07, 6.45) is 4.14. The summed E-state index contributed by atoms with van der Waals surface area (Å²) in [4.78, 5) is 38.0. The minimum atomic E-state index is -4.06. The van der Waals surface area contributed by atoms with E-state index >= 15 is 0 Å². The minimum absolute atomic E-state index is 0.0122. The van der Waals surface area contributed by atoms with Crippen LogP contribution in [0.25, 0.3) is 0 Å². The van der Waals surface area contributed by atoms with Crippen molar-refractivity contribution >= 4 is 39.4 Å². The largest absolute Gasteiger partial charge is 0.465 e. The molecular weight excluding hydrogens is 462 g/mol. The van der Waals surface area contributed by atoms with Crippen molar-refractivity contribution in [2.75, 3.05) is 37.3 Å². The van der Waals surface area contributed by atoms with Gasteiger partial charge in [-0.15, -0.1) is 0 Å². The number of hydrogen-bond donors (Lipinski definition) is 2. The van der Waals surface area contributed by atoms with Crippen LogP contribution in [0.1, 0.15) is 46.4 Å². The van der Waals surface area contributed by atoms with Crippen molar-refractivity contribution in [3.05, 3.63) is 53.6 Å². The Kier molecular flexibility index (Phi) is 8.11. The van der Waals surface area contributed by atoms with E-state index in [0.29, 0.717) is 18.8 Å². The van der Waals surface area contributed by atoms with Crippen LogP contribution in [0.5, 0.6) is 0 Å². The smallest absolute Gasteiger partial charge is 0.337 e. The molecule has 2 aromatic rings. The van der Waals surface area contributed by atoms with Crippen molar-refractivity contribution < 1.29 is 32.3 Å². The molecule has 34 heavy (non-hydrogen) atoms. The number of amides is 2. The lowest BCUT2D eigenvalue weighted by Crippen LogP contribution is -2.35. The fourth-order valence-electron chi connectivity index (χ4n) is 3.57. The summed E-state index contributed by atoms with van der Waals surface area (Å²) in [7, 11) is -1.72. The Morgan fingerprint density at radius 2 is 1.32 bits per heavy atom. The van der Waals surface area contributed by atoms with E-state index in [9.17, 15) is 22.8 Å². The van der Waals surface area contributed by atoms with Gasteiger partial charge in [-0.1, -0.05) is 12.8 Å². The van der Waals surface area contributed by atoms with Crippen LogP contribution < -0.4 is 10.0 Å². The Morgan fingerprint density at radius 3 is 1.82 bits per heavy atom. The van der Waals surface area contributed by atoms with E-state index in [0.717, 1.165) is 25.7 Å². The molecule has 1 aliphatic heterocycles. The minimum Gasteiger partial charge on any atom is -0.465 e. The molecule has 10 nitrogen and oxygen atoms in total. The molecule has 0 atom stereocenters. The lowest BCUT2D eigenvalue weighted by molar-refractivity contribution is 0.0599. The summed E-state index contributed by atoms with van der Waals surface area (Å²) < 4.78 is 37.4. The first kappa shape index (κ1) is 25.0. The molecule has 1 aliphatic rings. The predicted molar refractivity (Wildman–Crippen MR) is 125 cm³/mol. The number of benzene rings is 2. The number of nitrogens with one attached hydrogen (secondary N) is 2. The molecule has 0 saturated carbocycles. The summed E-state index contributed by atoms with van der Waals surface area (Å²) in [6.45, 7) is 1.39. The van der Waals surface area contributed by atoms with Crippen molar-refractivity contribution in [1.82, 2.24) is 4.90 Å². The number of likely N-dealkylation sites (tertiary alicyclic amines) is 1. The number of urea groups is 1. The second-order valence-corrected chi connectivity index (χ2v) is 9.43. The van der Waals surface area contributed by atoms with Gasteiger partial charge in [0.25, 0.3) is 10.0 Å². The van der Waals surface area contributed by atoms with E-state index in [1.165, 1.54) is 56.7 Å². The molecule has 0 radical (unpaired) electrons. The topological polar surface area (TPSA) is 131 Å². The molecule has 2 N–H and O–H groups in total. The standard InChI is InChI=1S/C23H27N3O7S/c1-32-21(27)16-13-17(22(28)33-2)15-19(14-16)25-34(30,31)20-9-7-18(8-10-20)24-23(29)26-11-5-3-4-6-12-26/h7-10,13-15,25H,3-6,11-12H2,1-2H3,(H,24,29). The number of carbonyl (C=O) groups excluding carboxylic acids is 3. The molecule has 2 amide bonds. The van der Waals surface area contributed by atoms with Crippen LogP contribution in [0.4, 0.5) is 16.2 Å². The van der Waals surface area contributed by atoms with E-state index in [1.54, 1.807) is 4.90 Å². The quantitative estimate of drug-likeness (QED) is 0.594. The maximum Gasteiger partial charge on any atom is 0.337 e. The number of nitrogens with zero attached hydrogens (tertiary/aromatic N) is 1. The number of esters is 2. The number of rotatable bonds is 6. The predicted octanol–water partition coefficient (Wildman–Crippen LogP) is 3.47. The van der Waals surface area contributed by atoms with E-state index < -0.39 is 22.0 Å². The summed E-state index contributed by atoms with van der Waals surface area (Å²) >= 11 is 0. The highest BCUT2D eigenvalue weighted by Gasteiger charge is 2.20. The summed E-state index contributed by atoms with van der Waals surface area (Å²) in [5.74, 6) is -1.48. The van der Waals surface area contributed by atoms with Crippen LogP contribution in [0.15, 0.2) is 47.4 Å². The number of methoxy groups -OCH3 is 2. The molecule has 182 valence electrons. The van der Waals surface area contributed by atoms with Crippen LogP contribution in [0.2, 0.25) is 0 Å². The first-order chi connectivity index (χ1) is 16.2. The molecule has 1 saturated heterocycles. The maximum atomic E-state index is 12.9. The van der Waals surface area contributed by atoms with E-state index in [4.69, 9.17) is 0 Å². The van der Waals surface area contributed by atoms with Gasteiger partial charge in [0.1, 0.15) is 0 Å². The Hall–Kier alpha value is -3.60. The van der Waals surface area contributed by atoms with Crippen LogP contribution in [-0.2, 0) is 19.5 Å². The van der Waals surface area contributed by atoms with Gasteiger partial charge in [0.2, 0.25) is 0 Å². The van der Waals surface area contributed by atoms with Crippen LogP contribution in [-0.4, -0.2) is 58.6 Å². The van der Waals surface area contributed by atoms with Gasteiger partial charge in [0.05, 0.1) is 35.9 Å². The lowest BCUT2D eigenvalue weighted by Gasteiger charge is -2.20.